The van der Waals surface area contributed by atoms with Crippen molar-refractivity contribution >= 4 is 0 Å². The van der Waals surface area contributed by atoms with E-state index in [1.165, 1.54) is 12.0 Å². The van der Waals surface area contributed by atoms with E-state index in [9.17, 15) is 0 Å². The first kappa shape index (κ1) is 14.2. The van der Waals surface area contributed by atoms with Crippen LogP contribution in [0.3, 0.4) is 0 Å². The summed E-state index contributed by atoms with van der Waals surface area (Å²) in [6.07, 6.45) is 3.16. The maximum Gasteiger partial charge on any atom is 0.0436 e. The van der Waals surface area contributed by atoms with Gasteiger partial charge in [0.15, 0.2) is 0 Å². The SMILES string of the molecule is CC(C)(CCO)CNCCCc1ccccc1. The molecule has 0 aromatic heterocycles. The molecule has 1 aromatic carbocycles. The summed E-state index contributed by atoms with van der Waals surface area (Å²) in [5.74, 6) is 0. The van der Waals surface area contributed by atoms with Crippen LogP contribution in [0.4, 0.5) is 0 Å². The van der Waals surface area contributed by atoms with Gasteiger partial charge in [0.05, 0.1) is 0 Å². The fourth-order valence-corrected chi connectivity index (χ4v) is 1.88. The van der Waals surface area contributed by atoms with Crippen LogP contribution in [0.15, 0.2) is 30.3 Å². The van der Waals surface area contributed by atoms with Gasteiger partial charge in [-0.25, -0.2) is 0 Å². The first-order valence-electron chi connectivity index (χ1n) is 6.49. The van der Waals surface area contributed by atoms with Crippen molar-refractivity contribution in [2.45, 2.75) is 33.1 Å². The van der Waals surface area contributed by atoms with Crippen LogP contribution in [0.1, 0.15) is 32.3 Å². The molecule has 0 bridgehead atoms. The number of hydrogen-bond acceptors (Lipinski definition) is 2. The monoisotopic (exact) mass is 235 g/mol. The molecule has 1 rings (SSSR count). The minimum absolute atomic E-state index is 0.196. The molecule has 96 valence electrons. The molecule has 0 spiro atoms. The zero-order valence-electron chi connectivity index (χ0n) is 11.1. The molecule has 2 nitrogen and oxygen atoms in total. The summed E-state index contributed by atoms with van der Waals surface area (Å²) in [6.45, 7) is 6.67. The van der Waals surface area contributed by atoms with Crippen molar-refractivity contribution in [1.29, 1.82) is 0 Å². The van der Waals surface area contributed by atoms with Crippen molar-refractivity contribution in [1.82, 2.24) is 5.32 Å². The van der Waals surface area contributed by atoms with Gasteiger partial charge in [0.25, 0.3) is 0 Å². The largest absolute Gasteiger partial charge is 0.396 e. The fourth-order valence-electron chi connectivity index (χ4n) is 1.88. The lowest BCUT2D eigenvalue weighted by atomic mass is 9.90. The van der Waals surface area contributed by atoms with Gasteiger partial charge in [-0.1, -0.05) is 44.2 Å². The topological polar surface area (TPSA) is 32.3 Å². The highest BCUT2D eigenvalue weighted by atomic mass is 16.3. The van der Waals surface area contributed by atoms with Gasteiger partial charge in [-0.15, -0.1) is 0 Å². The van der Waals surface area contributed by atoms with E-state index in [1.54, 1.807) is 0 Å². The number of aryl methyl sites for hydroxylation is 1. The van der Waals surface area contributed by atoms with Gasteiger partial charge >= 0.3 is 0 Å². The highest BCUT2D eigenvalue weighted by Gasteiger charge is 2.15. The molecule has 0 radical (unpaired) electrons. The molecular formula is C15H25NO. The van der Waals surface area contributed by atoms with Gasteiger partial charge < -0.3 is 10.4 Å². The number of rotatable bonds is 8. The molecule has 0 aliphatic carbocycles. The first-order chi connectivity index (χ1) is 8.14. The third kappa shape index (κ3) is 6.44. The molecule has 0 atom stereocenters. The van der Waals surface area contributed by atoms with E-state index in [-0.39, 0.29) is 12.0 Å². The summed E-state index contributed by atoms with van der Waals surface area (Å²) in [5.41, 5.74) is 1.60. The number of nitrogens with one attached hydrogen (secondary N) is 1. The van der Waals surface area contributed by atoms with Crippen LogP contribution in [0.2, 0.25) is 0 Å². The number of aliphatic hydroxyl groups is 1. The predicted molar refractivity (Wildman–Crippen MR) is 73.1 cm³/mol. The van der Waals surface area contributed by atoms with E-state index >= 15 is 0 Å². The number of benzene rings is 1. The predicted octanol–water partition coefficient (Wildman–Crippen LogP) is 2.62. The van der Waals surface area contributed by atoms with Gasteiger partial charge in [-0.05, 0) is 36.8 Å². The second-order valence-electron chi connectivity index (χ2n) is 5.40. The van der Waals surface area contributed by atoms with Crippen molar-refractivity contribution < 1.29 is 5.11 Å². The van der Waals surface area contributed by atoms with E-state index in [1.807, 2.05) is 0 Å². The van der Waals surface area contributed by atoms with Crippen molar-refractivity contribution in [3.05, 3.63) is 35.9 Å². The molecule has 0 saturated carbocycles. The van der Waals surface area contributed by atoms with Gasteiger partial charge in [-0.2, -0.15) is 0 Å². The highest BCUT2D eigenvalue weighted by Crippen LogP contribution is 2.17. The Bertz CT molecular complexity index is 295. The van der Waals surface area contributed by atoms with Crippen LogP contribution >= 0.6 is 0 Å². The smallest absolute Gasteiger partial charge is 0.0436 e. The van der Waals surface area contributed by atoms with Crippen LogP contribution in [0.5, 0.6) is 0 Å². The second kappa shape index (κ2) is 7.46. The van der Waals surface area contributed by atoms with Crippen LogP contribution in [-0.2, 0) is 6.42 Å². The first-order valence-corrected chi connectivity index (χ1v) is 6.49. The molecule has 1 aromatic rings. The molecule has 0 fully saturated rings. The second-order valence-corrected chi connectivity index (χ2v) is 5.40. The van der Waals surface area contributed by atoms with Crippen LogP contribution in [0, 0.1) is 5.41 Å². The summed E-state index contributed by atoms with van der Waals surface area (Å²) >= 11 is 0. The molecule has 0 aliphatic heterocycles. The third-order valence-corrected chi connectivity index (χ3v) is 3.05. The number of hydrogen-bond donors (Lipinski definition) is 2. The minimum atomic E-state index is 0.196. The molecule has 0 saturated heterocycles. The van der Waals surface area contributed by atoms with Crippen molar-refractivity contribution in [3.8, 4) is 0 Å². The molecule has 0 heterocycles. The maximum atomic E-state index is 8.93. The van der Waals surface area contributed by atoms with E-state index in [0.717, 1.165) is 25.9 Å². The van der Waals surface area contributed by atoms with E-state index < -0.39 is 0 Å². The molecule has 0 amide bonds. The average molecular weight is 235 g/mol. The van der Waals surface area contributed by atoms with Crippen LogP contribution in [-0.4, -0.2) is 24.8 Å². The molecule has 0 unspecified atom stereocenters. The lowest BCUT2D eigenvalue weighted by Gasteiger charge is -2.23. The highest BCUT2D eigenvalue weighted by molar-refractivity contribution is 5.14. The molecule has 0 aliphatic rings. The summed E-state index contributed by atoms with van der Waals surface area (Å²) in [6, 6.07) is 10.6. The summed E-state index contributed by atoms with van der Waals surface area (Å²) in [5, 5.41) is 12.4. The average Bonchev–Trinajstić information content (AvgIpc) is 2.30. The lowest BCUT2D eigenvalue weighted by Crippen LogP contribution is -2.31. The maximum absolute atomic E-state index is 8.93. The Hall–Kier alpha value is -0.860. The Labute approximate surface area is 105 Å². The van der Waals surface area contributed by atoms with E-state index in [4.69, 9.17) is 5.11 Å². The van der Waals surface area contributed by atoms with Crippen LogP contribution in [0.25, 0.3) is 0 Å². The van der Waals surface area contributed by atoms with E-state index in [0.29, 0.717) is 0 Å². The van der Waals surface area contributed by atoms with Gasteiger partial charge in [0.2, 0.25) is 0 Å². The van der Waals surface area contributed by atoms with Crippen LogP contribution < -0.4 is 5.32 Å². The molecule has 17 heavy (non-hydrogen) atoms. The Morgan fingerprint density at radius 1 is 1.18 bits per heavy atom. The summed E-state index contributed by atoms with van der Waals surface area (Å²) < 4.78 is 0. The fraction of sp³-hybridized carbons (Fsp3) is 0.600. The van der Waals surface area contributed by atoms with Crippen molar-refractivity contribution in [3.63, 3.8) is 0 Å². The number of aliphatic hydroxyl groups excluding tert-OH is 1. The molecule has 2 N–H and O–H groups in total. The lowest BCUT2D eigenvalue weighted by molar-refractivity contribution is 0.207. The zero-order valence-corrected chi connectivity index (χ0v) is 11.1. The van der Waals surface area contributed by atoms with E-state index in [2.05, 4.69) is 49.5 Å². The molecule has 2 heteroatoms. The standard InChI is InChI=1S/C15H25NO/c1-15(2,10-12-17)13-16-11-6-9-14-7-4-3-5-8-14/h3-5,7-8,16-17H,6,9-13H2,1-2H3. The Morgan fingerprint density at radius 2 is 1.88 bits per heavy atom. The quantitative estimate of drug-likeness (QED) is 0.679. The van der Waals surface area contributed by atoms with Gasteiger partial charge in [0, 0.05) is 13.2 Å². The van der Waals surface area contributed by atoms with Crippen molar-refractivity contribution in [2.24, 2.45) is 5.41 Å². The Balaban J connectivity index is 2.09. The van der Waals surface area contributed by atoms with Gasteiger partial charge in [0.1, 0.15) is 0 Å². The molecular weight excluding hydrogens is 210 g/mol. The van der Waals surface area contributed by atoms with Crippen molar-refractivity contribution in [2.75, 3.05) is 19.7 Å². The minimum Gasteiger partial charge on any atom is -0.396 e. The normalized spacial score (nSPS) is 11.7. The zero-order chi connectivity index (χ0) is 12.6. The Kier molecular flexibility index (Phi) is 6.23. The van der Waals surface area contributed by atoms with Gasteiger partial charge in [-0.3, -0.25) is 0 Å². The third-order valence-electron chi connectivity index (χ3n) is 3.05. The summed E-state index contributed by atoms with van der Waals surface area (Å²) in [4.78, 5) is 0. The Morgan fingerprint density at radius 3 is 2.53 bits per heavy atom. The summed E-state index contributed by atoms with van der Waals surface area (Å²) in [7, 11) is 0.